The molecular weight excluding hydrogens is 386 g/mol. The summed E-state index contributed by atoms with van der Waals surface area (Å²) in [6.07, 6.45) is 0.104. The minimum atomic E-state index is -1.06. The van der Waals surface area contributed by atoms with Crippen molar-refractivity contribution in [1.29, 1.82) is 0 Å². The van der Waals surface area contributed by atoms with Crippen molar-refractivity contribution in [3.05, 3.63) is 67.8 Å². The summed E-state index contributed by atoms with van der Waals surface area (Å²) in [5.74, 6) is 0.0282. The molecule has 1 atom stereocenters. The van der Waals surface area contributed by atoms with Gasteiger partial charge in [0.1, 0.15) is 17.6 Å². The van der Waals surface area contributed by atoms with Gasteiger partial charge in [-0.3, -0.25) is 20.2 Å². The van der Waals surface area contributed by atoms with Crippen molar-refractivity contribution < 1.29 is 29.0 Å². The number of carbonyl (C=O) groups is 1. The largest absolute Gasteiger partial charge is 0.497 e. The molecule has 11 nitrogen and oxygen atoms in total. The average molecular weight is 401 g/mol. The number of ether oxygens (including phenoxy) is 2. The molecule has 2 aromatic rings. The van der Waals surface area contributed by atoms with Gasteiger partial charge in [0, 0.05) is 30.2 Å². The van der Waals surface area contributed by atoms with E-state index in [1.807, 2.05) is 6.92 Å². The number of hydrogen-bond acceptors (Lipinski definition) is 9. The number of oxime groups is 1. The van der Waals surface area contributed by atoms with E-state index in [1.165, 1.54) is 7.11 Å². The summed E-state index contributed by atoms with van der Waals surface area (Å²) in [4.78, 5) is 37.5. The van der Waals surface area contributed by atoms with Crippen LogP contribution in [0.1, 0.15) is 29.3 Å². The molecule has 0 aliphatic carbocycles. The highest BCUT2D eigenvalue weighted by Crippen LogP contribution is 2.32. The maximum atomic E-state index is 12.3. The Kier molecular flexibility index (Phi) is 5.39. The Hall–Kier alpha value is -4.02. The van der Waals surface area contributed by atoms with Crippen LogP contribution in [-0.4, -0.2) is 34.7 Å². The van der Waals surface area contributed by atoms with Crippen LogP contribution in [0, 0.1) is 20.2 Å². The lowest BCUT2D eigenvalue weighted by atomic mass is 10.0. The Labute approximate surface area is 163 Å². The van der Waals surface area contributed by atoms with Gasteiger partial charge in [-0.05, 0) is 19.1 Å². The predicted molar refractivity (Wildman–Crippen MR) is 99.4 cm³/mol. The minimum Gasteiger partial charge on any atom is -0.497 e. The van der Waals surface area contributed by atoms with Crippen molar-refractivity contribution in [2.45, 2.75) is 19.4 Å². The molecule has 0 aromatic heterocycles. The molecule has 0 radical (unpaired) electrons. The van der Waals surface area contributed by atoms with Gasteiger partial charge in [0.05, 0.1) is 34.3 Å². The zero-order valence-electron chi connectivity index (χ0n) is 15.4. The molecule has 1 aliphatic rings. The second kappa shape index (κ2) is 7.92. The standard InChI is InChI=1S/C18H15N3O8/c1-10-5-16(15-4-3-14(27-2)9-17(15)28-10)19-29-18(22)11-6-12(20(23)24)8-13(7-11)21(25)26/h3-4,6-10H,5H2,1-2H3/b19-16+/t10-/m0/s1. The summed E-state index contributed by atoms with van der Waals surface area (Å²) in [6.45, 7) is 1.81. The first-order valence-electron chi connectivity index (χ1n) is 8.35. The van der Waals surface area contributed by atoms with Crippen LogP contribution in [0.3, 0.4) is 0 Å². The Balaban J connectivity index is 1.90. The van der Waals surface area contributed by atoms with Crippen molar-refractivity contribution in [1.82, 2.24) is 0 Å². The van der Waals surface area contributed by atoms with Crippen molar-refractivity contribution in [3.63, 3.8) is 0 Å². The Bertz CT molecular complexity index is 1000. The second-order valence-corrected chi connectivity index (χ2v) is 6.16. The van der Waals surface area contributed by atoms with Gasteiger partial charge < -0.3 is 14.3 Å². The van der Waals surface area contributed by atoms with Gasteiger partial charge in [0.15, 0.2) is 0 Å². The van der Waals surface area contributed by atoms with E-state index < -0.39 is 27.2 Å². The van der Waals surface area contributed by atoms with Gasteiger partial charge in [-0.15, -0.1) is 0 Å². The molecule has 150 valence electrons. The van der Waals surface area contributed by atoms with Crippen LogP contribution in [0.25, 0.3) is 0 Å². The summed E-state index contributed by atoms with van der Waals surface area (Å²) in [5.41, 5.74) is -0.534. The monoisotopic (exact) mass is 401 g/mol. The fraction of sp³-hybridized carbons (Fsp3) is 0.222. The van der Waals surface area contributed by atoms with E-state index in [2.05, 4.69) is 5.16 Å². The zero-order chi connectivity index (χ0) is 21.1. The first kappa shape index (κ1) is 19.7. The van der Waals surface area contributed by atoms with Crippen LogP contribution in [0.2, 0.25) is 0 Å². The maximum absolute atomic E-state index is 12.3. The fourth-order valence-corrected chi connectivity index (χ4v) is 2.77. The van der Waals surface area contributed by atoms with Gasteiger partial charge in [-0.25, -0.2) is 4.79 Å². The number of nitro groups is 2. The fourth-order valence-electron chi connectivity index (χ4n) is 2.77. The molecule has 3 rings (SSSR count). The van der Waals surface area contributed by atoms with Gasteiger partial charge in [0.2, 0.25) is 0 Å². The van der Waals surface area contributed by atoms with E-state index in [0.29, 0.717) is 29.2 Å². The molecule has 1 heterocycles. The number of benzene rings is 2. The maximum Gasteiger partial charge on any atom is 0.366 e. The molecule has 0 bridgehead atoms. The van der Waals surface area contributed by atoms with E-state index in [-0.39, 0.29) is 11.7 Å². The Morgan fingerprint density at radius 1 is 1.14 bits per heavy atom. The molecular formula is C18H15N3O8. The third-order valence-corrected chi connectivity index (χ3v) is 4.11. The first-order valence-corrected chi connectivity index (χ1v) is 8.35. The number of hydrogen-bond donors (Lipinski definition) is 0. The molecule has 0 fully saturated rings. The van der Waals surface area contributed by atoms with Crippen molar-refractivity contribution in [3.8, 4) is 11.5 Å². The quantitative estimate of drug-likeness (QED) is 0.422. The first-order chi connectivity index (χ1) is 13.8. The smallest absolute Gasteiger partial charge is 0.366 e. The van der Waals surface area contributed by atoms with Crippen molar-refractivity contribution in [2.24, 2.45) is 5.16 Å². The Morgan fingerprint density at radius 2 is 1.79 bits per heavy atom. The molecule has 11 heteroatoms. The number of rotatable bonds is 5. The van der Waals surface area contributed by atoms with Gasteiger partial charge in [-0.1, -0.05) is 5.16 Å². The summed E-state index contributed by atoms with van der Waals surface area (Å²) in [6, 6.07) is 7.60. The third kappa shape index (κ3) is 4.29. The molecule has 0 N–H and O–H groups in total. The number of nitrogens with zero attached hydrogens (tertiary/aromatic N) is 3. The summed E-state index contributed by atoms with van der Waals surface area (Å²) in [7, 11) is 1.52. The number of methoxy groups -OCH3 is 1. The molecule has 0 amide bonds. The zero-order valence-corrected chi connectivity index (χ0v) is 15.4. The molecule has 0 saturated heterocycles. The van der Waals surface area contributed by atoms with Crippen LogP contribution in [0.15, 0.2) is 41.6 Å². The van der Waals surface area contributed by atoms with E-state index in [9.17, 15) is 25.0 Å². The van der Waals surface area contributed by atoms with Gasteiger partial charge in [-0.2, -0.15) is 0 Å². The number of carbonyl (C=O) groups excluding carboxylic acids is 1. The minimum absolute atomic E-state index is 0.244. The topological polar surface area (TPSA) is 143 Å². The Morgan fingerprint density at radius 3 is 2.38 bits per heavy atom. The molecule has 2 aromatic carbocycles. The molecule has 0 unspecified atom stereocenters. The van der Waals surface area contributed by atoms with Crippen molar-refractivity contribution in [2.75, 3.05) is 7.11 Å². The van der Waals surface area contributed by atoms with E-state index >= 15 is 0 Å². The normalized spacial score (nSPS) is 16.5. The number of non-ortho nitro benzene ring substituents is 2. The van der Waals surface area contributed by atoms with Gasteiger partial charge >= 0.3 is 5.97 Å². The third-order valence-electron chi connectivity index (χ3n) is 4.11. The second-order valence-electron chi connectivity index (χ2n) is 6.16. The summed E-state index contributed by atoms with van der Waals surface area (Å²) < 4.78 is 10.9. The number of nitro benzene ring substituents is 2. The van der Waals surface area contributed by atoms with E-state index in [0.717, 1.165) is 18.2 Å². The molecule has 29 heavy (non-hydrogen) atoms. The summed E-state index contributed by atoms with van der Waals surface area (Å²) >= 11 is 0. The number of fused-ring (bicyclic) bond motifs is 1. The SMILES string of the molecule is COc1ccc2c(c1)O[C@@H](C)C/C2=N\OC(=O)c1cc([N+](=O)[O-])cc([N+](=O)[O-])c1. The van der Waals surface area contributed by atoms with Crippen molar-refractivity contribution >= 4 is 23.1 Å². The van der Waals surface area contributed by atoms with Crippen LogP contribution in [-0.2, 0) is 4.84 Å². The molecule has 1 aliphatic heterocycles. The summed E-state index contributed by atoms with van der Waals surface area (Å²) in [5, 5.41) is 25.8. The van der Waals surface area contributed by atoms with E-state index in [1.54, 1.807) is 18.2 Å². The lowest BCUT2D eigenvalue weighted by Crippen LogP contribution is -2.25. The lowest BCUT2D eigenvalue weighted by Gasteiger charge is -2.24. The predicted octanol–water partition coefficient (Wildman–Crippen LogP) is 3.24. The van der Waals surface area contributed by atoms with Crippen LogP contribution < -0.4 is 9.47 Å². The van der Waals surface area contributed by atoms with Crippen LogP contribution >= 0.6 is 0 Å². The van der Waals surface area contributed by atoms with E-state index in [4.69, 9.17) is 14.3 Å². The van der Waals surface area contributed by atoms with Gasteiger partial charge in [0.25, 0.3) is 11.4 Å². The average Bonchev–Trinajstić information content (AvgIpc) is 2.70. The highest BCUT2D eigenvalue weighted by molar-refractivity contribution is 6.04. The lowest BCUT2D eigenvalue weighted by molar-refractivity contribution is -0.394. The highest BCUT2D eigenvalue weighted by Gasteiger charge is 2.25. The molecule has 0 spiro atoms. The van der Waals surface area contributed by atoms with Crippen LogP contribution in [0.4, 0.5) is 11.4 Å². The highest BCUT2D eigenvalue weighted by atomic mass is 16.7. The molecule has 0 saturated carbocycles. The van der Waals surface area contributed by atoms with Crippen LogP contribution in [0.5, 0.6) is 11.5 Å².